The van der Waals surface area contributed by atoms with Crippen LogP contribution in [0.3, 0.4) is 0 Å². The lowest BCUT2D eigenvalue weighted by Crippen LogP contribution is -2.17. The first kappa shape index (κ1) is 16.5. The molecule has 4 nitrogen and oxygen atoms in total. The average molecular weight is 308 g/mol. The number of nitrogens with one attached hydrogen (secondary N) is 1. The van der Waals surface area contributed by atoms with Gasteiger partial charge in [0.2, 0.25) is 0 Å². The summed E-state index contributed by atoms with van der Waals surface area (Å²) in [5, 5.41) is 3.98. The van der Waals surface area contributed by atoms with Crippen LogP contribution < -0.4 is 10.2 Å². The Balaban J connectivity index is 1.91. The highest BCUT2D eigenvalue weighted by Gasteiger charge is 2.03. The third-order valence-electron chi connectivity index (χ3n) is 3.06. The second-order valence-corrected chi connectivity index (χ2v) is 4.96. The van der Waals surface area contributed by atoms with E-state index in [0.717, 1.165) is 16.9 Å². The number of rotatable bonds is 6. The van der Waals surface area contributed by atoms with Crippen molar-refractivity contribution in [1.82, 2.24) is 5.43 Å². The molecule has 0 saturated carbocycles. The van der Waals surface area contributed by atoms with Crippen LogP contribution in [0.15, 0.2) is 65.3 Å². The minimum Gasteiger partial charge on any atom is -0.494 e. The van der Waals surface area contributed by atoms with E-state index in [0.29, 0.717) is 12.2 Å². The van der Waals surface area contributed by atoms with Gasteiger partial charge in [-0.1, -0.05) is 36.4 Å². The van der Waals surface area contributed by atoms with Crippen LogP contribution in [0, 0.1) is 0 Å². The van der Waals surface area contributed by atoms with Gasteiger partial charge in [0.25, 0.3) is 5.91 Å². The quantitative estimate of drug-likeness (QED) is 0.650. The molecule has 0 aliphatic rings. The maximum Gasteiger partial charge on any atom is 0.271 e. The van der Waals surface area contributed by atoms with Crippen molar-refractivity contribution >= 4 is 18.2 Å². The molecule has 1 N–H and O–H groups in total. The summed E-state index contributed by atoms with van der Waals surface area (Å²) in [5.74, 6) is 0.492. The van der Waals surface area contributed by atoms with Crippen molar-refractivity contribution in [3.63, 3.8) is 0 Å². The molecule has 4 heteroatoms. The van der Waals surface area contributed by atoms with E-state index < -0.39 is 0 Å². The summed E-state index contributed by atoms with van der Waals surface area (Å²) in [6.45, 7) is 4.45. The van der Waals surface area contributed by atoms with E-state index in [1.54, 1.807) is 30.5 Å². The van der Waals surface area contributed by atoms with Crippen LogP contribution in [0.1, 0.15) is 29.8 Å². The molecular weight excluding hydrogens is 288 g/mol. The molecule has 23 heavy (non-hydrogen) atoms. The third-order valence-corrected chi connectivity index (χ3v) is 3.06. The zero-order chi connectivity index (χ0) is 16.5. The number of hydrazone groups is 1. The van der Waals surface area contributed by atoms with Crippen molar-refractivity contribution in [3.05, 3.63) is 71.3 Å². The molecule has 0 fully saturated rings. The number of benzene rings is 2. The first-order chi connectivity index (χ1) is 11.2. The van der Waals surface area contributed by atoms with E-state index >= 15 is 0 Å². The summed E-state index contributed by atoms with van der Waals surface area (Å²) in [6.07, 6.45) is 3.62. The van der Waals surface area contributed by atoms with Crippen molar-refractivity contribution in [1.29, 1.82) is 0 Å². The molecule has 118 valence electrons. The van der Waals surface area contributed by atoms with Gasteiger partial charge >= 0.3 is 0 Å². The zero-order valence-electron chi connectivity index (χ0n) is 13.3. The zero-order valence-corrected chi connectivity index (χ0v) is 13.3. The summed E-state index contributed by atoms with van der Waals surface area (Å²) in [5.41, 5.74) is 5.09. The fourth-order valence-electron chi connectivity index (χ4n) is 1.98. The fraction of sp³-hybridized carbons (Fsp3) is 0.158. The largest absolute Gasteiger partial charge is 0.494 e. The molecular formula is C19H20N2O2. The van der Waals surface area contributed by atoms with Crippen molar-refractivity contribution in [2.24, 2.45) is 5.10 Å². The summed E-state index contributed by atoms with van der Waals surface area (Å²) in [7, 11) is 0. The maximum atomic E-state index is 12.0. The van der Waals surface area contributed by atoms with Crippen LogP contribution >= 0.6 is 0 Å². The predicted molar refractivity (Wildman–Crippen MR) is 93.7 cm³/mol. The van der Waals surface area contributed by atoms with Gasteiger partial charge in [-0.25, -0.2) is 5.43 Å². The molecule has 0 aliphatic heterocycles. The number of allylic oxidation sites excluding steroid dienone is 1. The molecule has 2 aromatic rings. The standard InChI is InChI=1S/C19H20N2O2/c1-3-23-18-11-9-17(10-12-18)19(22)21-20-14-15(2)13-16-7-5-4-6-8-16/h4-14H,3H2,1-2H3,(H,21,22). The van der Waals surface area contributed by atoms with Gasteiger partial charge in [0.05, 0.1) is 12.8 Å². The first-order valence-corrected chi connectivity index (χ1v) is 7.48. The van der Waals surface area contributed by atoms with E-state index in [4.69, 9.17) is 4.74 Å². The summed E-state index contributed by atoms with van der Waals surface area (Å²) >= 11 is 0. The Morgan fingerprint density at radius 2 is 1.83 bits per heavy atom. The Morgan fingerprint density at radius 3 is 2.48 bits per heavy atom. The molecule has 0 heterocycles. The van der Waals surface area contributed by atoms with Crippen LogP contribution in [0.2, 0.25) is 0 Å². The summed E-state index contributed by atoms with van der Waals surface area (Å²) in [6, 6.07) is 16.9. The molecule has 0 unspecified atom stereocenters. The second-order valence-electron chi connectivity index (χ2n) is 4.96. The highest BCUT2D eigenvalue weighted by molar-refractivity contribution is 5.95. The summed E-state index contributed by atoms with van der Waals surface area (Å²) < 4.78 is 5.34. The summed E-state index contributed by atoms with van der Waals surface area (Å²) in [4.78, 5) is 12.0. The fourth-order valence-corrected chi connectivity index (χ4v) is 1.98. The monoisotopic (exact) mass is 308 g/mol. The number of carbonyl (C=O) groups is 1. The topological polar surface area (TPSA) is 50.7 Å². The number of amides is 1. The van der Waals surface area contributed by atoms with Crippen LogP contribution in [0.5, 0.6) is 5.75 Å². The van der Waals surface area contributed by atoms with Crippen LogP contribution in [0.25, 0.3) is 6.08 Å². The molecule has 2 rings (SSSR count). The lowest BCUT2D eigenvalue weighted by molar-refractivity contribution is 0.0955. The van der Waals surface area contributed by atoms with E-state index in [9.17, 15) is 4.79 Å². The molecule has 2 aromatic carbocycles. The molecule has 1 amide bonds. The normalized spacial score (nSPS) is 11.5. The Morgan fingerprint density at radius 1 is 1.13 bits per heavy atom. The lowest BCUT2D eigenvalue weighted by Gasteiger charge is -2.04. The van der Waals surface area contributed by atoms with Gasteiger partial charge in [0.1, 0.15) is 5.75 Å². The predicted octanol–water partition coefficient (Wildman–Crippen LogP) is 3.90. The van der Waals surface area contributed by atoms with Gasteiger partial charge in [-0.2, -0.15) is 5.10 Å². The number of carbonyl (C=O) groups excluding carboxylic acids is 1. The van der Waals surface area contributed by atoms with Gasteiger partial charge < -0.3 is 4.74 Å². The molecule has 0 spiro atoms. The van der Waals surface area contributed by atoms with Gasteiger partial charge in [-0.05, 0) is 49.2 Å². The van der Waals surface area contributed by atoms with Crippen LogP contribution in [-0.4, -0.2) is 18.7 Å². The molecule has 0 aliphatic carbocycles. The molecule has 0 atom stereocenters. The highest BCUT2D eigenvalue weighted by Crippen LogP contribution is 2.12. The van der Waals surface area contributed by atoms with Crippen molar-refractivity contribution < 1.29 is 9.53 Å². The minimum absolute atomic E-state index is 0.253. The van der Waals surface area contributed by atoms with E-state index in [2.05, 4.69) is 10.5 Å². The van der Waals surface area contributed by atoms with Crippen molar-refractivity contribution in [2.75, 3.05) is 6.61 Å². The Labute approximate surface area is 136 Å². The Hall–Kier alpha value is -2.88. The smallest absolute Gasteiger partial charge is 0.271 e. The third kappa shape index (κ3) is 5.43. The van der Waals surface area contributed by atoms with Crippen molar-refractivity contribution in [2.45, 2.75) is 13.8 Å². The van der Waals surface area contributed by atoms with E-state index in [-0.39, 0.29) is 5.91 Å². The van der Waals surface area contributed by atoms with E-state index in [1.807, 2.05) is 50.3 Å². The van der Waals surface area contributed by atoms with E-state index in [1.165, 1.54) is 0 Å². The van der Waals surface area contributed by atoms with Crippen molar-refractivity contribution in [3.8, 4) is 5.75 Å². The minimum atomic E-state index is -0.253. The van der Waals surface area contributed by atoms with Crippen LogP contribution in [0.4, 0.5) is 0 Å². The van der Waals surface area contributed by atoms with Gasteiger partial charge in [0, 0.05) is 5.56 Å². The Bertz CT molecular complexity index is 689. The average Bonchev–Trinajstić information content (AvgIpc) is 2.56. The van der Waals surface area contributed by atoms with Gasteiger partial charge in [-0.3, -0.25) is 4.79 Å². The number of ether oxygens (including phenoxy) is 1. The maximum absolute atomic E-state index is 12.0. The number of hydrogen-bond donors (Lipinski definition) is 1. The van der Waals surface area contributed by atoms with Crippen LogP contribution in [-0.2, 0) is 0 Å². The highest BCUT2D eigenvalue weighted by atomic mass is 16.5. The molecule has 0 radical (unpaired) electrons. The molecule has 0 bridgehead atoms. The molecule has 0 aromatic heterocycles. The Kier molecular flexibility index (Phi) is 6.12. The van der Waals surface area contributed by atoms with Gasteiger partial charge in [-0.15, -0.1) is 0 Å². The number of hydrogen-bond acceptors (Lipinski definition) is 3. The SMILES string of the molecule is CCOc1ccc(C(=O)NN=CC(C)=Cc2ccccc2)cc1. The second kappa shape index (κ2) is 8.54. The first-order valence-electron chi connectivity index (χ1n) is 7.48. The molecule has 0 saturated heterocycles. The number of nitrogens with zero attached hydrogens (tertiary/aromatic N) is 1. The van der Waals surface area contributed by atoms with Gasteiger partial charge in [0.15, 0.2) is 0 Å². The lowest BCUT2D eigenvalue weighted by atomic mass is 10.1.